The monoisotopic (exact) mass is 455 g/mol. The molecule has 148 valence electrons. The third kappa shape index (κ3) is 3.91. The van der Waals surface area contributed by atoms with Crippen molar-refractivity contribution in [3.8, 4) is 0 Å². The lowest BCUT2D eigenvalue weighted by Crippen LogP contribution is -2.32. The molecule has 0 unspecified atom stereocenters. The van der Waals surface area contributed by atoms with Gasteiger partial charge in [-0.25, -0.2) is 0 Å². The molecule has 29 heavy (non-hydrogen) atoms. The van der Waals surface area contributed by atoms with Crippen LogP contribution in [0.3, 0.4) is 0 Å². The zero-order valence-electron chi connectivity index (χ0n) is 15.5. The van der Waals surface area contributed by atoms with E-state index in [1.54, 1.807) is 18.2 Å². The van der Waals surface area contributed by atoms with Crippen LogP contribution in [0.5, 0.6) is 0 Å². The van der Waals surface area contributed by atoms with Gasteiger partial charge in [-0.3, -0.25) is 23.7 Å². The van der Waals surface area contributed by atoms with Crippen molar-refractivity contribution < 1.29 is 14.4 Å². The lowest BCUT2D eigenvalue weighted by atomic mass is 10.1. The summed E-state index contributed by atoms with van der Waals surface area (Å²) >= 11 is 3.31. The van der Waals surface area contributed by atoms with Crippen molar-refractivity contribution in [2.45, 2.75) is 19.3 Å². The van der Waals surface area contributed by atoms with Crippen LogP contribution < -0.4 is 5.32 Å². The Labute approximate surface area is 175 Å². The molecular weight excluding hydrogens is 438 g/mol. The maximum atomic E-state index is 12.4. The van der Waals surface area contributed by atoms with Gasteiger partial charge in [-0.1, -0.05) is 22.0 Å². The van der Waals surface area contributed by atoms with Crippen molar-refractivity contribution >= 4 is 39.3 Å². The van der Waals surface area contributed by atoms with E-state index in [2.05, 4.69) is 31.4 Å². The number of imide groups is 1. The molecule has 1 aliphatic heterocycles. The second kappa shape index (κ2) is 8.12. The van der Waals surface area contributed by atoms with Gasteiger partial charge < -0.3 is 5.32 Å². The number of halogens is 1. The molecular formula is C20H18BrN5O3. The molecule has 0 fully saturated rings. The van der Waals surface area contributed by atoms with Crippen molar-refractivity contribution in [1.82, 2.24) is 24.8 Å². The van der Waals surface area contributed by atoms with E-state index < -0.39 is 0 Å². The second-order valence-electron chi connectivity index (χ2n) is 6.70. The van der Waals surface area contributed by atoms with E-state index >= 15 is 0 Å². The fourth-order valence-corrected chi connectivity index (χ4v) is 3.69. The predicted octanol–water partition coefficient (Wildman–Crippen LogP) is 2.23. The fraction of sp³-hybridized carbons (Fsp3) is 0.250. The van der Waals surface area contributed by atoms with Gasteiger partial charge in [0.15, 0.2) is 5.65 Å². The average Bonchev–Trinajstić information content (AvgIpc) is 3.22. The molecule has 0 aliphatic carbocycles. The van der Waals surface area contributed by atoms with E-state index in [-0.39, 0.29) is 30.7 Å². The third-order valence-electron chi connectivity index (χ3n) is 4.77. The van der Waals surface area contributed by atoms with Crippen molar-refractivity contribution in [3.05, 3.63) is 64.0 Å². The molecule has 1 aliphatic rings. The van der Waals surface area contributed by atoms with Crippen LogP contribution in [0.25, 0.3) is 5.65 Å². The zero-order valence-corrected chi connectivity index (χ0v) is 17.1. The minimum absolute atomic E-state index is 0.127. The highest BCUT2D eigenvalue weighted by molar-refractivity contribution is 9.10. The second-order valence-corrected chi connectivity index (χ2v) is 7.62. The number of aromatic nitrogens is 3. The number of carbonyl (C=O) groups excluding carboxylic acids is 3. The van der Waals surface area contributed by atoms with E-state index in [9.17, 15) is 14.4 Å². The van der Waals surface area contributed by atoms with Gasteiger partial charge in [0.25, 0.3) is 11.8 Å². The number of hydrogen-bond acceptors (Lipinski definition) is 5. The molecule has 0 bridgehead atoms. The molecule has 1 N–H and O–H groups in total. The van der Waals surface area contributed by atoms with Gasteiger partial charge in [0, 0.05) is 36.6 Å². The normalized spacial score (nSPS) is 13.2. The number of hydrogen-bond donors (Lipinski definition) is 1. The highest BCUT2D eigenvalue weighted by Gasteiger charge is 2.35. The third-order valence-corrected chi connectivity index (χ3v) is 5.27. The van der Waals surface area contributed by atoms with Crippen molar-refractivity contribution in [2.24, 2.45) is 0 Å². The van der Waals surface area contributed by atoms with E-state index in [1.807, 2.05) is 28.8 Å². The molecule has 0 atom stereocenters. The van der Waals surface area contributed by atoms with Gasteiger partial charge in [0.05, 0.1) is 11.1 Å². The van der Waals surface area contributed by atoms with Crippen LogP contribution >= 0.6 is 15.9 Å². The molecule has 1 aromatic carbocycles. The molecule has 8 nitrogen and oxygen atoms in total. The van der Waals surface area contributed by atoms with Gasteiger partial charge in [-0.15, -0.1) is 10.2 Å². The fourth-order valence-electron chi connectivity index (χ4n) is 3.33. The molecule has 3 heterocycles. The molecule has 3 amide bonds. The molecule has 2 aromatic heterocycles. The van der Waals surface area contributed by atoms with Gasteiger partial charge in [0.2, 0.25) is 5.91 Å². The van der Waals surface area contributed by atoms with Gasteiger partial charge >= 0.3 is 0 Å². The van der Waals surface area contributed by atoms with E-state index in [0.717, 1.165) is 15.9 Å². The SMILES string of the molecule is O=C(CCCN1C(=O)c2ccc(Br)cc2C1=O)NCCc1nnc2ccccn12. The molecule has 3 aromatic rings. The Balaban J connectivity index is 1.23. The summed E-state index contributed by atoms with van der Waals surface area (Å²) in [5.41, 5.74) is 1.57. The summed E-state index contributed by atoms with van der Waals surface area (Å²) in [4.78, 5) is 38.1. The highest BCUT2D eigenvalue weighted by Crippen LogP contribution is 2.26. The molecule has 4 rings (SSSR count). The largest absolute Gasteiger partial charge is 0.356 e. The average molecular weight is 456 g/mol. The Bertz CT molecular complexity index is 1110. The van der Waals surface area contributed by atoms with Gasteiger partial charge in [0.1, 0.15) is 5.82 Å². The number of rotatable bonds is 7. The lowest BCUT2D eigenvalue weighted by Gasteiger charge is -2.13. The summed E-state index contributed by atoms with van der Waals surface area (Å²) in [5, 5.41) is 11.0. The summed E-state index contributed by atoms with van der Waals surface area (Å²) in [6, 6.07) is 10.7. The zero-order chi connectivity index (χ0) is 20.4. The first-order valence-electron chi connectivity index (χ1n) is 9.25. The standard InChI is InChI=1S/C20H18BrN5O3/c21-13-6-7-14-15(12-13)20(29)26(19(14)28)11-3-5-18(27)22-9-8-17-24-23-16-4-1-2-10-25(16)17/h1-2,4,6-7,10,12H,3,5,8-9,11H2,(H,22,27). The predicted molar refractivity (Wildman–Crippen MR) is 108 cm³/mol. The first kappa shape index (κ1) is 19.3. The minimum Gasteiger partial charge on any atom is -0.356 e. The first-order valence-corrected chi connectivity index (χ1v) is 10.0. The van der Waals surface area contributed by atoms with Crippen LogP contribution in [-0.2, 0) is 11.2 Å². The Morgan fingerprint density at radius 1 is 1.07 bits per heavy atom. The quantitative estimate of drug-likeness (QED) is 0.550. The van der Waals surface area contributed by atoms with Crippen molar-refractivity contribution in [3.63, 3.8) is 0 Å². The number of pyridine rings is 1. The summed E-state index contributed by atoms with van der Waals surface area (Å²) < 4.78 is 2.63. The number of nitrogens with one attached hydrogen (secondary N) is 1. The maximum Gasteiger partial charge on any atom is 0.261 e. The molecule has 0 radical (unpaired) electrons. The van der Waals surface area contributed by atoms with E-state index in [4.69, 9.17) is 0 Å². The number of carbonyl (C=O) groups is 3. The Morgan fingerprint density at radius 2 is 1.90 bits per heavy atom. The highest BCUT2D eigenvalue weighted by atomic mass is 79.9. The van der Waals surface area contributed by atoms with Crippen LogP contribution in [0.1, 0.15) is 39.4 Å². The van der Waals surface area contributed by atoms with E-state index in [1.165, 1.54) is 4.90 Å². The Morgan fingerprint density at radius 3 is 2.76 bits per heavy atom. The number of amides is 3. The summed E-state index contributed by atoms with van der Waals surface area (Å²) in [7, 11) is 0. The smallest absolute Gasteiger partial charge is 0.261 e. The molecule has 0 spiro atoms. The number of benzene rings is 1. The lowest BCUT2D eigenvalue weighted by molar-refractivity contribution is -0.121. The summed E-state index contributed by atoms with van der Waals surface area (Å²) in [6.45, 7) is 0.655. The van der Waals surface area contributed by atoms with E-state index in [0.29, 0.717) is 30.5 Å². The maximum absolute atomic E-state index is 12.4. The van der Waals surface area contributed by atoms with Crippen molar-refractivity contribution in [2.75, 3.05) is 13.1 Å². The minimum atomic E-state index is -0.314. The van der Waals surface area contributed by atoms with Crippen LogP contribution in [0.4, 0.5) is 0 Å². The number of nitrogens with zero attached hydrogens (tertiary/aromatic N) is 4. The Hall–Kier alpha value is -3.07. The summed E-state index contributed by atoms with van der Waals surface area (Å²) in [6.07, 6.45) is 3.08. The molecule has 0 saturated heterocycles. The summed E-state index contributed by atoms with van der Waals surface area (Å²) in [5.74, 6) is 0.0262. The molecule has 0 saturated carbocycles. The van der Waals surface area contributed by atoms with Crippen molar-refractivity contribution in [1.29, 1.82) is 0 Å². The van der Waals surface area contributed by atoms with Crippen LogP contribution in [-0.4, -0.2) is 50.3 Å². The Kier molecular flexibility index (Phi) is 5.39. The number of fused-ring (bicyclic) bond motifs is 2. The van der Waals surface area contributed by atoms with Crippen LogP contribution in [0.15, 0.2) is 47.1 Å². The first-order chi connectivity index (χ1) is 14.0. The van der Waals surface area contributed by atoms with Crippen LogP contribution in [0, 0.1) is 0 Å². The van der Waals surface area contributed by atoms with Crippen LogP contribution in [0.2, 0.25) is 0 Å². The molecule has 9 heteroatoms. The van der Waals surface area contributed by atoms with Gasteiger partial charge in [-0.2, -0.15) is 0 Å². The van der Waals surface area contributed by atoms with Gasteiger partial charge in [-0.05, 0) is 36.8 Å². The topological polar surface area (TPSA) is 96.7 Å².